The molecule has 0 saturated carbocycles. The van der Waals surface area contributed by atoms with Gasteiger partial charge in [0.2, 0.25) is 0 Å². The third-order valence-electron chi connectivity index (χ3n) is 2.14. The van der Waals surface area contributed by atoms with Gasteiger partial charge in [0, 0.05) is 19.7 Å². The number of aromatic amines is 1. The predicted molar refractivity (Wildman–Crippen MR) is 56.6 cm³/mol. The Morgan fingerprint density at radius 2 is 2.21 bits per heavy atom. The Morgan fingerprint density at radius 1 is 1.43 bits per heavy atom. The van der Waals surface area contributed by atoms with E-state index in [2.05, 4.69) is 9.97 Å². The Kier molecular flexibility index (Phi) is 1.96. The molecule has 0 bridgehead atoms. The van der Waals surface area contributed by atoms with E-state index in [-0.39, 0.29) is 0 Å². The van der Waals surface area contributed by atoms with Crippen molar-refractivity contribution in [3.8, 4) is 0 Å². The van der Waals surface area contributed by atoms with Gasteiger partial charge in [-0.25, -0.2) is 4.98 Å². The van der Waals surface area contributed by atoms with E-state index in [9.17, 15) is 0 Å². The molecule has 2 N–H and O–H groups in total. The van der Waals surface area contributed by atoms with Crippen molar-refractivity contribution in [1.29, 1.82) is 5.41 Å². The minimum Gasteiger partial charge on any atom is -0.363 e. The molecule has 1 aromatic carbocycles. The molecule has 0 unspecified atom stereocenters. The maximum absolute atomic E-state index is 7.80. The SMILES string of the molecule is CN(C)C(=N)c1ccc2nc[nH]c2c1. The Hall–Kier alpha value is -1.84. The summed E-state index contributed by atoms with van der Waals surface area (Å²) in [7, 11) is 3.72. The fourth-order valence-corrected chi connectivity index (χ4v) is 1.34. The van der Waals surface area contributed by atoms with Crippen molar-refractivity contribution in [3.63, 3.8) is 0 Å². The van der Waals surface area contributed by atoms with Gasteiger partial charge in [-0.05, 0) is 18.2 Å². The minimum atomic E-state index is 0.501. The van der Waals surface area contributed by atoms with Gasteiger partial charge >= 0.3 is 0 Å². The molecule has 0 aliphatic rings. The first-order chi connectivity index (χ1) is 6.68. The first-order valence-corrected chi connectivity index (χ1v) is 4.38. The number of imidazole rings is 1. The van der Waals surface area contributed by atoms with Crippen molar-refractivity contribution in [2.75, 3.05) is 14.1 Å². The smallest absolute Gasteiger partial charge is 0.127 e. The van der Waals surface area contributed by atoms with Crippen LogP contribution in [-0.4, -0.2) is 34.8 Å². The lowest BCUT2D eigenvalue weighted by molar-refractivity contribution is 0.619. The number of H-pyrrole nitrogens is 1. The third-order valence-corrected chi connectivity index (χ3v) is 2.14. The largest absolute Gasteiger partial charge is 0.363 e. The summed E-state index contributed by atoms with van der Waals surface area (Å²) >= 11 is 0. The monoisotopic (exact) mass is 188 g/mol. The summed E-state index contributed by atoms with van der Waals surface area (Å²) in [6.45, 7) is 0. The molecular formula is C10H12N4. The van der Waals surface area contributed by atoms with Crippen LogP contribution in [0.5, 0.6) is 0 Å². The number of hydrogen-bond donors (Lipinski definition) is 2. The first-order valence-electron chi connectivity index (χ1n) is 4.38. The highest BCUT2D eigenvalue weighted by atomic mass is 15.1. The van der Waals surface area contributed by atoms with Crippen LogP contribution >= 0.6 is 0 Å². The number of hydrogen-bond acceptors (Lipinski definition) is 2. The molecule has 0 spiro atoms. The van der Waals surface area contributed by atoms with E-state index < -0.39 is 0 Å². The van der Waals surface area contributed by atoms with Crippen LogP contribution in [0.2, 0.25) is 0 Å². The van der Waals surface area contributed by atoms with Crippen molar-refractivity contribution in [1.82, 2.24) is 14.9 Å². The van der Waals surface area contributed by atoms with Crippen LogP contribution in [0.15, 0.2) is 24.5 Å². The summed E-state index contributed by atoms with van der Waals surface area (Å²) < 4.78 is 0. The van der Waals surface area contributed by atoms with E-state index in [0.29, 0.717) is 5.84 Å². The Balaban J connectivity index is 2.48. The van der Waals surface area contributed by atoms with Gasteiger partial charge in [0.25, 0.3) is 0 Å². The van der Waals surface area contributed by atoms with Crippen LogP contribution in [0, 0.1) is 5.41 Å². The fourth-order valence-electron chi connectivity index (χ4n) is 1.34. The Bertz CT molecular complexity index is 470. The van der Waals surface area contributed by atoms with Crippen LogP contribution in [0.4, 0.5) is 0 Å². The molecule has 0 aliphatic heterocycles. The topological polar surface area (TPSA) is 55.8 Å². The highest BCUT2D eigenvalue weighted by Crippen LogP contribution is 2.12. The van der Waals surface area contributed by atoms with Crippen LogP contribution in [0.3, 0.4) is 0 Å². The van der Waals surface area contributed by atoms with Crippen molar-refractivity contribution in [2.45, 2.75) is 0 Å². The maximum atomic E-state index is 7.80. The second kappa shape index (κ2) is 3.14. The number of fused-ring (bicyclic) bond motifs is 1. The van der Waals surface area contributed by atoms with Crippen molar-refractivity contribution in [2.24, 2.45) is 0 Å². The zero-order chi connectivity index (χ0) is 10.1. The average molecular weight is 188 g/mol. The van der Waals surface area contributed by atoms with E-state index in [0.717, 1.165) is 16.6 Å². The van der Waals surface area contributed by atoms with Crippen molar-refractivity contribution < 1.29 is 0 Å². The molecule has 0 amide bonds. The van der Waals surface area contributed by atoms with E-state index in [1.54, 1.807) is 11.2 Å². The van der Waals surface area contributed by atoms with Gasteiger partial charge in [-0.15, -0.1) is 0 Å². The molecule has 1 aromatic heterocycles. The summed E-state index contributed by atoms with van der Waals surface area (Å²) in [5.74, 6) is 0.501. The summed E-state index contributed by atoms with van der Waals surface area (Å²) in [6, 6.07) is 5.76. The van der Waals surface area contributed by atoms with E-state index >= 15 is 0 Å². The molecule has 1 heterocycles. The molecule has 2 aromatic rings. The average Bonchev–Trinajstić information content (AvgIpc) is 2.62. The van der Waals surface area contributed by atoms with Gasteiger partial charge in [0.1, 0.15) is 5.84 Å². The lowest BCUT2D eigenvalue weighted by Crippen LogP contribution is -2.21. The lowest BCUT2D eigenvalue weighted by Gasteiger charge is -2.13. The van der Waals surface area contributed by atoms with Gasteiger partial charge < -0.3 is 9.88 Å². The number of nitrogens with zero attached hydrogens (tertiary/aromatic N) is 2. The van der Waals surface area contributed by atoms with Gasteiger partial charge in [-0.2, -0.15) is 0 Å². The number of amidine groups is 1. The summed E-state index contributed by atoms with van der Waals surface area (Å²) in [5.41, 5.74) is 2.79. The summed E-state index contributed by atoms with van der Waals surface area (Å²) in [5, 5.41) is 7.80. The molecule has 2 rings (SSSR count). The third kappa shape index (κ3) is 1.35. The Morgan fingerprint density at radius 3 is 2.93 bits per heavy atom. The van der Waals surface area contributed by atoms with Crippen LogP contribution in [0.1, 0.15) is 5.56 Å². The van der Waals surface area contributed by atoms with Crippen molar-refractivity contribution >= 4 is 16.9 Å². The predicted octanol–water partition coefficient (Wildman–Crippen LogP) is 1.45. The number of rotatable bonds is 1. The van der Waals surface area contributed by atoms with Gasteiger partial charge in [-0.3, -0.25) is 5.41 Å². The molecule has 0 atom stereocenters. The molecule has 4 nitrogen and oxygen atoms in total. The van der Waals surface area contributed by atoms with Crippen molar-refractivity contribution in [3.05, 3.63) is 30.1 Å². The standard InChI is InChI=1S/C10H12N4/c1-14(2)10(11)7-3-4-8-9(5-7)13-6-12-8/h3-6,11H,1-2H3,(H,12,13). The normalized spacial score (nSPS) is 10.4. The second-order valence-electron chi connectivity index (χ2n) is 3.38. The molecule has 0 aliphatic carbocycles. The van der Waals surface area contributed by atoms with Crippen LogP contribution in [0.25, 0.3) is 11.0 Å². The molecule has 0 radical (unpaired) electrons. The summed E-state index contributed by atoms with van der Waals surface area (Å²) in [6.07, 6.45) is 1.66. The molecule has 4 heteroatoms. The zero-order valence-corrected chi connectivity index (χ0v) is 8.20. The van der Waals surface area contributed by atoms with Gasteiger partial charge in [-0.1, -0.05) is 0 Å². The fraction of sp³-hybridized carbons (Fsp3) is 0.200. The van der Waals surface area contributed by atoms with E-state index in [1.165, 1.54) is 0 Å². The molecule has 72 valence electrons. The van der Waals surface area contributed by atoms with Crippen LogP contribution in [-0.2, 0) is 0 Å². The molecule has 0 saturated heterocycles. The highest BCUT2D eigenvalue weighted by molar-refractivity contribution is 5.98. The van der Waals surface area contributed by atoms with E-state index in [4.69, 9.17) is 5.41 Å². The minimum absolute atomic E-state index is 0.501. The second-order valence-corrected chi connectivity index (χ2v) is 3.38. The maximum Gasteiger partial charge on any atom is 0.127 e. The van der Waals surface area contributed by atoms with Gasteiger partial charge in [0.05, 0.1) is 17.4 Å². The first kappa shape index (κ1) is 8.74. The summed E-state index contributed by atoms with van der Waals surface area (Å²) in [4.78, 5) is 8.93. The molecular weight excluding hydrogens is 176 g/mol. The molecule has 14 heavy (non-hydrogen) atoms. The lowest BCUT2D eigenvalue weighted by atomic mass is 10.2. The number of nitrogens with one attached hydrogen (secondary N) is 2. The highest BCUT2D eigenvalue weighted by Gasteiger charge is 2.04. The van der Waals surface area contributed by atoms with E-state index in [1.807, 2.05) is 32.3 Å². The quantitative estimate of drug-likeness (QED) is 0.525. The Labute approximate surface area is 82.1 Å². The molecule has 0 fully saturated rings. The number of aromatic nitrogens is 2. The number of benzene rings is 1. The zero-order valence-electron chi connectivity index (χ0n) is 8.20. The van der Waals surface area contributed by atoms with Crippen LogP contribution < -0.4 is 0 Å². The van der Waals surface area contributed by atoms with Gasteiger partial charge in [0.15, 0.2) is 0 Å².